The second-order valence-electron chi connectivity index (χ2n) is 4.11. The van der Waals surface area contributed by atoms with Crippen molar-refractivity contribution in [2.75, 3.05) is 32.7 Å². The molecule has 1 heterocycles. The summed E-state index contributed by atoms with van der Waals surface area (Å²) >= 11 is 0. The minimum Gasteiger partial charge on any atom is -0.337 e. The first-order chi connectivity index (χ1) is 7.27. The zero-order valence-corrected chi connectivity index (χ0v) is 9.74. The van der Waals surface area contributed by atoms with Crippen LogP contribution in [0.4, 0.5) is 0 Å². The summed E-state index contributed by atoms with van der Waals surface area (Å²) in [5.74, 6) is 0.248. The molecule has 86 valence electrons. The molecule has 0 spiro atoms. The smallest absolute Gasteiger partial charge is 0.237 e. The summed E-state index contributed by atoms with van der Waals surface area (Å²) in [6.45, 7) is 10.1. The minimum atomic E-state index is 0.248. The van der Waals surface area contributed by atoms with Gasteiger partial charge in [-0.2, -0.15) is 0 Å². The van der Waals surface area contributed by atoms with Crippen molar-refractivity contribution >= 4 is 5.91 Å². The van der Waals surface area contributed by atoms with Gasteiger partial charge < -0.3 is 4.90 Å². The first-order valence-corrected chi connectivity index (χ1v) is 5.89. The summed E-state index contributed by atoms with van der Waals surface area (Å²) in [5.41, 5.74) is 0. The molecule has 1 amide bonds. The molecule has 0 atom stereocenters. The predicted octanol–water partition coefficient (Wildman–Crippen LogP) is 1.51. The maximum atomic E-state index is 11.7. The SMILES string of the molecule is C=CCN1CCN(CCCCC)CC1=O. The summed E-state index contributed by atoms with van der Waals surface area (Å²) in [4.78, 5) is 15.8. The van der Waals surface area contributed by atoms with Crippen molar-refractivity contribution in [2.45, 2.75) is 26.2 Å². The Balaban J connectivity index is 2.24. The summed E-state index contributed by atoms with van der Waals surface area (Å²) in [5, 5.41) is 0. The molecule has 0 bridgehead atoms. The Labute approximate surface area is 92.7 Å². The van der Waals surface area contributed by atoms with E-state index in [4.69, 9.17) is 0 Å². The van der Waals surface area contributed by atoms with E-state index >= 15 is 0 Å². The fourth-order valence-corrected chi connectivity index (χ4v) is 1.88. The Kier molecular flexibility index (Phi) is 5.40. The van der Waals surface area contributed by atoms with Gasteiger partial charge in [-0.15, -0.1) is 6.58 Å². The molecule has 1 rings (SSSR count). The lowest BCUT2D eigenvalue weighted by atomic mass is 10.2. The van der Waals surface area contributed by atoms with E-state index in [2.05, 4.69) is 18.4 Å². The second kappa shape index (κ2) is 6.62. The average Bonchev–Trinajstić information content (AvgIpc) is 2.23. The standard InChI is InChI=1S/C12H22N2O/c1-3-5-6-8-13-9-10-14(7-4-2)12(15)11-13/h4H,2-3,5-11H2,1H3. The van der Waals surface area contributed by atoms with E-state index in [9.17, 15) is 4.79 Å². The molecule has 3 nitrogen and oxygen atoms in total. The Morgan fingerprint density at radius 3 is 2.80 bits per heavy atom. The highest BCUT2D eigenvalue weighted by Crippen LogP contribution is 2.05. The number of hydrogen-bond acceptors (Lipinski definition) is 2. The predicted molar refractivity (Wildman–Crippen MR) is 62.7 cm³/mol. The molecule has 1 fully saturated rings. The molecule has 1 aliphatic heterocycles. The lowest BCUT2D eigenvalue weighted by molar-refractivity contribution is -0.135. The van der Waals surface area contributed by atoms with Crippen LogP contribution in [0.5, 0.6) is 0 Å². The van der Waals surface area contributed by atoms with Crippen LogP contribution in [0.1, 0.15) is 26.2 Å². The van der Waals surface area contributed by atoms with Gasteiger partial charge in [0.25, 0.3) is 0 Å². The highest BCUT2D eigenvalue weighted by atomic mass is 16.2. The quantitative estimate of drug-likeness (QED) is 0.490. The number of unbranched alkanes of at least 4 members (excludes halogenated alkanes) is 2. The normalized spacial score (nSPS) is 18.2. The van der Waals surface area contributed by atoms with Gasteiger partial charge in [0.05, 0.1) is 6.54 Å². The van der Waals surface area contributed by atoms with Crippen LogP contribution in [0.15, 0.2) is 12.7 Å². The van der Waals surface area contributed by atoms with Crippen molar-refractivity contribution in [3.8, 4) is 0 Å². The Bertz CT molecular complexity index is 216. The lowest BCUT2D eigenvalue weighted by Gasteiger charge is -2.33. The van der Waals surface area contributed by atoms with Gasteiger partial charge in [0, 0.05) is 19.6 Å². The fraction of sp³-hybridized carbons (Fsp3) is 0.750. The maximum Gasteiger partial charge on any atom is 0.237 e. The molecule has 15 heavy (non-hydrogen) atoms. The van der Waals surface area contributed by atoms with Crippen molar-refractivity contribution in [3.05, 3.63) is 12.7 Å². The molecule has 0 aromatic heterocycles. The number of carbonyl (C=O) groups excluding carboxylic acids is 1. The zero-order valence-electron chi connectivity index (χ0n) is 9.74. The monoisotopic (exact) mass is 210 g/mol. The van der Waals surface area contributed by atoms with Crippen LogP contribution in [0, 0.1) is 0 Å². The van der Waals surface area contributed by atoms with E-state index in [1.54, 1.807) is 6.08 Å². The topological polar surface area (TPSA) is 23.6 Å². The van der Waals surface area contributed by atoms with Crippen molar-refractivity contribution in [1.82, 2.24) is 9.80 Å². The number of piperazine rings is 1. The molecule has 0 aliphatic carbocycles. The van der Waals surface area contributed by atoms with E-state index in [0.717, 1.165) is 19.6 Å². The molecule has 0 unspecified atom stereocenters. The van der Waals surface area contributed by atoms with Gasteiger partial charge in [0.2, 0.25) is 5.91 Å². The molecule has 0 N–H and O–H groups in total. The van der Waals surface area contributed by atoms with Crippen LogP contribution in [0.25, 0.3) is 0 Å². The molecule has 0 saturated carbocycles. The Morgan fingerprint density at radius 2 is 2.20 bits per heavy atom. The van der Waals surface area contributed by atoms with Gasteiger partial charge in [-0.25, -0.2) is 0 Å². The van der Waals surface area contributed by atoms with Gasteiger partial charge in [-0.05, 0) is 13.0 Å². The minimum absolute atomic E-state index is 0.248. The van der Waals surface area contributed by atoms with E-state index in [1.807, 2.05) is 4.90 Å². The maximum absolute atomic E-state index is 11.7. The van der Waals surface area contributed by atoms with Crippen LogP contribution in [0.3, 0.4) is 0 Å². The van der Waals surface area contributed by atoms with E-state index in [0.29, 0.717) is 13.1 Å². The van der Waals surface area contributed by atoms with Crippen LogP contribution >= 0.6 is 0 Å². The van der Waals surface area contributed by atoms with Crippen LogP contribution in [-0.2, 0) is 4.79 Å². The number of amides is 1. The third-order valence-corrected chi connectivity index (χ3v) is 2.83. The Morgan fingerprint density at radius 1 is 1.40 bits per heavy atom. The first-order valence-electron chi connectivity index (χ1n) is 5.89. The van der Waals surface area contributed by atoms with Crippen molar-refractivity contribution in [2.24, 2.45) is 0 Å². The third-order valence-electron chi connectivity index (χ3n) is 2.83. The summed E-state index contributed by atoms with van der Waals surface area (Å²) in [6, 6.07) is 0. The molecule has 0 aromatic carbocycles. The Hall–Kier alpha value is -0.830. The van der Waals surface area contributed by atoms with Crippen LogP contribution in [0.2, 0.25) is 0 Å². The first kappa shape index (κ1) is 12.2. The number of carbonyl (C=O) groups is 1. The van der Waals surface area contributed by atoms with Crippen molar-refractivity contribution in [1.29, 1.82) is 0 Å². The molecule has 1 aliphatic rings. The molecule has 0 aromatic rings. The van der Waals surface area contributed by atoms with Gasteiger partial charge in [0.15, 0.2) is 0 Å². The van der Waals surface area contributed by atoms with E-state index in [-0.39, 0.29) is 5.91 Å². The van der Waals surface area contributed by atoms with Gasteiger partial charge in [-0.1, -0.05) is 25.8 Å². The highest BCUT2D eigenvalue weighted by molar-refractivity contribution is 5.79. The van der Waals surface area contributed by atoms with Crippen LogP contribution in [-0.4, -0.2) is 48.4 Å². The van der Waals surface area contributed by atoms with Gasteiger partial charge in [-0.3, -0.25) is 9.69 Å². The molecular weight excluding hydrogens is 188 g/mol. The average molecular weight is 210 g/mol. The largest absolute Gasteiger partial charge is 0.337 e. The van der Waals surface area contributed by atoms with Crippen molar-refractivity contribution < 1.29 is 4.79 Å². The highest BCUT2D eigenvalue weighted by Gasteiger charge is 2.21. The number of nitrogens with zero attached hydrogens (tertiary/aromatic N) is 2. The lowest BCUT2D eigenvalue weighted by Crippen LogP contribution is -2.50. The molecular formula is C12H22N2O. The number of rotatable bonds is 6. The second-order valence-corrected chi connectivity index (χ2v) is 4.11. The summed E-state index contributed by atoms with van der Waals surface area (Å²) < 4.78 is 0. The zero-order chi connectivity index (χ0) is 11.1. The summed E-state index contributed by atoms with van der Waals surface area (Å²) in [7, 11) is 0. The number of hydrogen-bond donors (Lipinski definition) is 0. The van der Waals surface area contributed by atoms with Gasteiger partial charge in [0.1, 0.15) is 0 Å². The van der Waals surface area contributed by atoms with E-state index < -0.39 is 0 Å². The van der Waals surface area contributed by atoms with Crippen molar-refractivity contribution in [3.63, 3.8) is 0 Å². The van der Waals surface area contributed by atoms with Gasteiger partial charge >= 0.3 is 0 Å². The summed E-state index contributed by atoms with van der Waals surface area (Å²) in [6.07, 6.45) is 5.52. The molecule has 3 heteroatoms. The van der Waals surface area contributed by atoms with Crippen LogP contribution < -0.4 is 0 Å². The third kappa shape index (κ3) is 4.04. The molecule has 1 saturated heterocycles. The molecule has 0 radical (unpaired) electrons. The fourth-order valence-electron chi connectivity index (χ4n) is 1.88. The van der Waals surface area contributed by atoms with E-state index in [1.165, 1.54) is 19.3 Å².